The molecule has 19 heavy (non-hydrogen) atoms. The zero-order valence-electron chi connectivity index (χ0n) is 11.0. The Morgan fingerprint density at radius 3 is 3.21 bits per heavy atom. The molecular formula is C14H18N4O. The molecule has 1 aromatic heterocycles. The molecule has 0 bridgehead atoms. The summed E-state index contributed by atoms with van der Waals surface area (Å²) >= 11 is 0. The zero-order valence-corrected chi connectivity index (χ0v) is 11.0. The van der Waals surface area contributed by atoms with Crippen molar-refractivity contribution < 1.29 is 4.74 Å². The molecule has 100 valence electrons. The average Bonchev–Trinajstić information content (AvgIpc) is 2.87. The number of hydrogen-bond acceptors (Lipinski definition) is 4. The molecule has 0 saturated heterocycles. The standard InChI is InChI=1S/C14H18N4O/c1-15-8-14-16-10-17-18(14)9-13-12-5-3-2-4-11(12)6-7-19-13/h2-5,10,13,15H,6-9H2,1H3. The van der Waals surface area contributed by atoms with Gasteiger partial charge < -0.3 is 10.1 Å². The van der Waals surface area contributed by atoms with Crippen LogP contribution in [0.3, 0.4) is 0 Å². The van der Waals surface area contributed by atoms with Crippen molar-refractivity contribution in [2.24, 2.45) is 0 Å². The summed E-state index contributed by atoms with van der Waals surface area (Å²) in [6.45, 7) is 2.21. The smallest absolute Gasteiger partial charge is 0.140 e. The third kappa shape index (κ3) is 2.52. The van der Waals surface area contributed by atoms with Crippen molar-refractivity contribution in [3.8, 4) is 0 Å². The molecule has 0 saturated carbocycles. The minimum atomic E-state index is 0.0715. The topological polar surface area (TPSA) is 52.0 Å². The van der Waals surface area contributed by atoms with Crippen molar-refractivity contribution in [1.29, 1.82) is 0 Å². The highest BCUT2D eigenvalue weighted by molar-refractivity contribution is 5.30. The van der Waals surface area contributed by atoms with E-state index in [1.165, 1.54) is 11.1 Å². The van der Waals surface area contributed by atoms with Crippen molar-refractivity contribution in [1.82, 2.24) is 20.1 Å². The highest BCUT2D eigenvalue weighted by atomic mass is 16.5. The second-order valence-corrected chi connectivity index (χ2v) is 4.70. The number of ether oxygens (including phenoxy) is 1. The fourth-order valence-corrected chi connectivity index (χ4v) is 2.52. The molecular weight excluding hydrogens is 240 g/mol. The third-order valence-corrected chi connectivity index (χ3v) is 3.46. The minimum absolute atomic E-state index is 0.0715. The van der Waals surface area contributed by atoms with Gasteiger partial charge in [-0.1, -0.05) is 24.3 Å². The van der Waals surface area contributed by atoms with Crippen LogP contribution in [0.4, 0.5) is 0 Å². The van der Waals surface area contributed by atoms with Gasteiger partial charge >= 0.3 is 0 Å². The number of fused-ring (bicyclic) bond motifs is 1. The van der Waals surface area contributed by atoms with E-state index < -0.39 is 0 Å². The Kier molecular flexibility index (Phi) is 3.57. The van der Waals surface area contributed by atoms with Crippen molar-refractivity contribution in [2.75, 3.05) is 13.7 Å². The Morgan fingerprint density at radius 2 is 2.32 bits per heavy atom. The minimum Gasteiger partial charge on any atom is -0.371 e. The van der Waals surface area contributed by atoms with Gasteiger partial charge in [0, 0.05) is 0 Å². The number of nitrogens with one attached hydrogen (secondary N) is 1. The molecule has 1 aliphatic rings. The van der Waals surface area contributed by atoms with E-state index in [-0.39, 0.29) is 6.10 Å². The Bertz CT molecular complexity index is 552. The van der Waals surface area contributed by atoms with Gasteiger partial charge in [0.25, 0.3) is 0 Å². The summed E-state index contributed by atoms with van der Waals surface area (Å²) < 4.78 is 7.82. The van der Waals surface area contributed by atoms with Gasteiger partial charge in [-0.2, -0.15) is 5.10 Å². The average molecular weight is 258 g/mol. The van der Waals surface area contributed by atoms with Crippen molar-refractivity contribution in [2.45, 2.75) is 25.6 Å². The first-order valence-corrected chi connectivity index (χ1v) is 6.59. The molecule has 2 heterocycles. The number of benzene rings is 1. The van der Waals surface area contributed by atoms with Crippen LogP contribution in [-0.2, 0) is 24.2 Å². The summed E-state index contributed by atoms with van der Waals surface area (Å²) in [5, 5.41) is 7.39. The molecule has 1 N–H and O–H groups in total. The zero-order chi connectivity index (χ0) is 13.1. The maximum Gasteiger partial charge on any atom is 0.140 e. The molecule has 2 aromatic rings. The van der Waals surface area contributed by atoms with E-state index in [4.69, 9.17) is 4.74 Å². The van der Waals surface area contributed by atoms with E-state index in [1.54, 1.807) is 6.33 Å². The molecule has 1 aromatic carbocycles. The third-order valence-electron chi connectivity index (χ3n) is 3.46. The normalized spacial score (nSPS) is 18.3. The summed E-state index contributed by atoms with van der Waals surface area (Å²) in [6, 6.07) is 8.48. The number of nitrogens with zero attached hydrogens (tertiary/aromatic N) is 3. The molecule has 0 radical (unpaired) electrons. The molecule has 1 atom stereocenters. The van der Waals surface area contributed by atoms with Gasteiger partial charge in [0.2, 0.25) is 0 Å². The van der Waals surface area contributed by atoms with E-state index in [0.29, 0.717) is 13.1 Å². The van der Waals surface area contributed by atoms with Crippen molar-refractivity contribution >= 4 is 0 Å². The van der Waals surface area contributed by atoms with Crippen LogP contribution in [0.5, 0.6) is 0 Å². The molecule has 5 heteroatoms. The predicted octanol–water partition coefficient (Wildman–Crippen LogP) is 1.31. The van der Waals surface area contributed by atoms with Crippen LogP contribution < -0.4 is 5.32 Å². The summed E-state index contributed by atoms with van der Waals surface area (Å²) in [6.07, 6.45) is 2.66. The summed E-state index contributed by atoms with van der Waals surface area (Å²) in [7, 11) is 1.91. The Labute approximate surface area is 112 Å². The van der Waals surface area contributed by atoms with Gasteiger partial charge in [-0.05, 0) is 24.6 Å². The fraction of sp³-hybridized carbons (Fsp3) is 0.429. The fourth-order valence-electron chi connectivity index (χ4n) is 2.52. The van der Waals surface area contributed by atoms with E-state index in [0.717, 1.165) is 18.9 Å². The number of rotatable bonds is 4. The van der Waals surface area contributed by atoms with Crippen LogP contribution in [0.1, 0.15) is 23.1 Å². The second kappa shape index (κ2) is 5.50. The van der Waals surface area contributed by atoms with E-state index in [2.05, 4.69) is 39.7 Å². The molecule has 0 aliphatic carbocycles. The molecule has 1 aliphatic heterocycles. The maximum absolute atomic E-state index is 5.90. The first kappa shape index (κ1) is 12.3. The lowest BCUT2D eigenvalue weighted by Gasteiger charge is -2.26. The highest BCUT2D eigenvalue weighted by Crippen LogP contribution is 2.28. The Balaban J connectivity index is 1.82. The first-order valence-electron chi connectivity index (χ1n) is 6.59. The van der Waals surface area contributed by atoms with Crippen LogP contribution in [0.15, 0.2) is 30.6 Å². The van der Waals surface area contributed by atoms with Gasteiger partial charge in [-0.15, -0.1) is 0 Å². The molecule has 3 rings (SSSR count). The predicted molar refractivity (Wildman–Crippen MR) is 71.6 cm³/mol. The maximum atomic E-state index is 5.90. The van der Waals surface area contributed by atoms with Crippen molar-refractivity contribution in [3.05, 3.63) is 47.5 Å². The van der Waals surface area contributed by atoms with E-state index in [1.807, 2.05) is 11.7 Å². The number of hydrogen-bond donors (Lipinski definition) is 1. The molecule has 0 spiro atoms. The van der Waals surface area contributed by atoms with Crippen LogP contribution in [0, 0.1) is 0 Å². The lowest BCUT2D eigenvalue weighted by Crippen LogP contribution is -2.23. The van der Waals surface area contributed by atoms with Crippen LogP contribution in [0.2, 0.25) is 0 Å². The largest absolute Gasteiger partial charge is 0.371 e. The van der Waals surface area contributed by atoms with Gasteiger partial charge in [0.05, 0.1) is 19.7 Å². The lowest BCUT2D eigenvalue weighted by atomic mass is 9.97. The Morgan fingerprint density at radius 1 is 1.42 bits per heavy atom. The summed E-state index contributed by atoms with van der Waals surface area (Å²) in [4.78, 5) is 4.26. The quantitative estimate of drug-likeness (QED) is 0.898. The molecule has 0 fully saturated rings. The molecule has 0 amide bonds. The molecule has 5 nitrogen and oxygen atoms in total. The van der Waals surface area contributed by atoms with Crippen LogP contribution in [0.25, 0.3) is 0 Å². The van der Waals surface area contributed by atoms with Crippen LogP contribution in [-0.4, -0.2) is 28.4 Å². The van der Waals surface area contributed by atoms with Gasteiger partial charge in [0.1, 0.15) is 18.3 Å². The summed E-state index contributed by atoms with van der Waals surface area (Å²) in [5.74, 6) is 0.939. The Hall–Kier alpha value is -1.72. The van der Waals surface area contributed by atoms with Gasteiger partial charge in [-0.25, -0.2) is 9.67 Å². The van der Waals surface area contributed by atoms with E-state index in [9.17, 15) is 0 Å². The molecule has 1 unspecified atom stereocenters. The second-order valence-electron chi connectivity index (χ2n) is 4.70. The monoisotopic (exact) mass is 258 g/mol. The van der Waals surface area contributed by atoms with Crippen LogP contribution >= 0.6 is 0 Å². The van der Waals surface area contributed by atoms with Gasteiger partial charge in [0.15, 0.2) is 0 Å². The van der Waals surface area contributed by atoms with Gasteiger partial charge in [-0.3, -0.25) is 0 Å². The van der Waals surface area contributed by atoms with Crippen molar-refractivity contribution in [3.63, 3.8) is 0 Å². The number of aromatic nitrogens is 3. The highest BCUT2D eigenvalue weighted by Gasteiger charge is 2.21. The lowest BCUT2D eigenvalue weighted by molar-refractivity contribution is 0.0276. The summed E-state index contributed by atoms with van der Waals surface area (Å²) in [5.41, 5.74) is 2.66. The first-order chi connectivity index (χ1) is 9.38. The van der Waals surface area contributed by atoms with E-state index >= 15 is 0 Å². The SMILES string of the molecule is CNCc1ncnn1CC1OCCc2ccccc21.